The number of amides is 1. The van der Waals surface area contributed by atoms with Gasteiger partial charge in [0.2, 0.25) is 5.91 Å². The monoisotopic (exact) mass is 269 g/mol. The number of hydrogen-bond donors (Lipinski definition) is 2. The van der Waals surface area contributed by atoms with Gasteiger partial charge in [0.15, 0.2) is 0 Å². The van der Waals surface area contributed by atoms with E-state index in [0.29, 0.717) is 0 Å². The Kier molecular flexibility index (Phi) is 5.39. The first kappa shape index (κ1) is 16.4. The highest BCUT2D eigenvalue weighted by atomic mass is 16.2. The third kappa shape index (κ3) is 4.46. The molecule has 1 fully saturated rings. The van der Waals surface area contributed by atoms with E-state index < -0.39 is 0 Å². The van der Waals surface area contributed by atoms with Crippen LogP contribution in [0, 0.1) is 10.8 Å². The molecule has 0 aromatic heterocycles. The Hall–Kier alpha value is -0.610. The molecule has 0 aromatic carbocycles. The molecule has 4 nitrogen and oxygen atoms in total. The lowest BCUT2D eigenvalue weighted by Crippen LogP contribution is -2.54. The van der Waals surface area contributed by atoms with Gasteiger partial charge in [-0.3, -0.25) is 9.69 Å². The second-order valence-electron chi connectivity index (χ2n) is 7.31. The summed E-state index contributed by atoms with van der Waals surface area (Å²) in [5.74, 6) is 0.152. The van der Waals surface area contributed by atoms with Gasteiger partial charge in [-0.25, -0.2) is 0 Å². The normalized spacial score (nSPS) is 20.1. The molecule has 0 aliphatic carbocycles. The Morgan fingerprint density at radius 3 is 2.21 bits per heavy atom. The van der Waals surface area contributed by atoms with Gasteiger partial charge >= 0.3 is 0 Å². The van der Waals surface area contributed by atoms with Crippen molar-refractivity contribution in [1.82, 2.24) is 15.5 Å². The van der Waals surface area contributed by atoms with Crippen molar-refractivity contribution in [1.29, 1.82) is 0 Å². The van der Waals surface area contributed by atoms with Crippen molar-refractivity contribution in [3.63, 3.8) is 0 Å². The SMILES string of the molecule is CC(C(=O)NCC(C)(C)C(C)(C)C)N1CCNCC1. The first-order valence-electron chi connectivity index (χ1n) is 7.38. The molecule has 19 heavy (non-hydrogen) atoms. The van der Waals surface area contributed by atoms with Gasteiger partial charge in [0.1, 0.15) is 0 Å². The number of nitrogens with one attached hydrogen (secondary N) is 2. The van der Waals surface area contributed by atoms with Gasteiger partial charge in [0.25, 0.3) is 0 Å². The molecule has 1 saturated heterocycles. The van der Waals surface area contributed by atoms with Crippen LogP contribution < -0.4 is 10.6 Å². The third-order valence-corrected chi connectivity index (χ3v) is 4.81. The Bertz CT molecular complexity index is 301. The summed E-state index contributed by atoms with van der Waals surface area (Å²) in [7, 11) is 0. The molecule has 0 saturated carbocycles. The lowest BCUT2D eigenvalue weighted by molar-refractivity contribution is -0.126. The fraction of sp³-hybridized carbons (Fsp3) is 0.933. The molecular weight excluding hydrogens is 238 g/mol. The summed E-state index contributed by atoms with van der Waals surface area (Å²) in [5.41, 5.74) is 0.268. The van der Waals surface area contributed by atoms with Crippen molar-refractivity contribution >= 4 is 5.91 Å². The predicted octanol–water partition coefficient (Wildman–Crippen LogP) is 1.47. The standard InChI is InChI=1S/C15H31N3O/c1-12(18-9-7-16-8-10-18)13(19)17-11-15(5,6)14(2,3)4/h12,16H,7-11H2,1-6H3,(H,17,19). The number of rotatable bonds is 4. The average Bonchev–Trinajstić information content (AvgIpc) is 2.35. The molecule has 1 rings (SSSR count). The molecule has 112 valence electrons. The van der Waals surface area contributed by atoms with E-state index in [-0.39, 0.29) is 22.8 Å². The van der Waals surface area contributed by atoms with Crippen LogP contribution in [0.15, 0.2) is 0 Å². The minimum Gasteiger partial charge on any atom is -0.354 e. The fourth-order valence-corrected chi connectivity index (χ4v) is 1.96. The summed E-state index contributed by atoms with van der Waals surface area (Å²) in [5, 5.41) is 6.44. The number of piperazine rings is 1. The van der Waals surface area contributed by atoms with E-state index in [4.69, 9.17) is 0 Å². The minimum atomic E-state index is -0.0298. The highest BCUT2D eigenvalue weighted by molar-refractivity contribution is 5.81. The maximum atomic E-state index is 12.2. The van der Waals surface area contributed by atoms with E-state index >= 15 is 0 Å². The predicted molar refractivity (Wildman–Crippen MR) is 80.2 cm³/mol. The van der Waals surface area contributed by atoms with Crippen LogP contribution in [0.2, 0.25) is 0 Å². The molecule has 1 unspecified atom stereocenters. The maximum Gasteiger partial charge on any atom is 0.237 e. The molecule has 1 aliphatic heterocycles. The highest BCUT2D eigenvalue weighted by Gasteiger charge is 2.33. The van der Waals surface area contributed by atoms with Gasteiger partial charge in [0.05, 0.1) is 6.04 Å². The Labute approximate surface area is 118 Å². The summed E-state index contributed by atoms with van der Waals surface area (Å²) >= 11 is 0. The zero-order chi connectivity index (χ0) is 14.7. The fourth-order valence-electron chi connectivity index (χ4n) is 1.96. The van der Waals surface area contributed by atoms with Crippen molar-refractivity contribution in [2.24, 2.45) is 10.8 Å². The van der Waals surface area contributed by atoms with Crippen molar-refractivity contribution in [2.45, 2.75) is 47.6 Å². The first-order chi connectivity index (χ1) is 8.65. The zero-order valence-electron chi connectivity index (χ0n) is 13.5. The van der Waals surface area contributed by atoms with Crippen LogP contribution in [-0.2, 0) is 4.79 Å². The molecular formula is C15H31N3O. The molecule has 1 atom stereocenters. The van der Waals surface area contributed by atoms with E-state index in [0.717, 1.165) is 32.7 Å². The van der Waals surface area contributed by atoms with E-state index in [1.165, 1.54) is 0 Å². The Balaban J connectivity index is 2.46. The number of carbonyl (C=O) groups is 1. The second kappa shape index (κ2) is 6.23. The van der Waals surface area contributed by atoms with Gasteiger partial charge in [0, 0.05) is 32.7 Å². The van der Waals surface area contributed by atoms with Gasteiger partial charge in [-0.05, 0) is 17.8 Å². The average molecular weight is 269 g/mol. The summed E-state index contributed by atoms with van der Waals surface area (Å²) in [4.78, 5) is 14.5. The van der Waals surface area contributed by atoms with Crippen molar-refractivity contribution in [3.8, 4) is 0 Å². The van der Waals surface area contributed by atoms with E-state index in [2.05, 4.69) is 50.2 Å². The van der Waals surface area contributed by atoms with Crippen molar-refractivity contribution in [2.75, 3.05) is 32.7 Å². The number of carbonyl (C=O) groups excluding carboxylic acids is 1. The summed E-state index contributed by atoms with van der Waals surface area (Å²) in [6.45, 7) is 17.7. The van der Waals surface area contributed by atoms with Crippen molar-refractivity contribution < 1.29 is 4.79 Å². The van der Waals surface area contributed by atoms with Crippen LogP contribution in [0.3, 0.4) is 0 Å². The van der Waals surface area contributed by atoms with Gasteiger partial charge in [-0.1, -0.05) is 34.6 Å². The van der Waals surface area contributed by atoms with Crippen LogP contribution in [-0.4, -0.2) is 49.6 Å². The molecule has 0 radical (unpaired) electrons. The van der Waals surface area contributed by atoms with E-state index in [1.54, 1.807) is 0 Å². The largest absolute Gasteiger partial charge is 0.354 e. The lowest BCUT2D eigenvalue weighted by Gasteiger charge is -2.39. The smallest absolute Gasteiger partial charge is 0.237 e. The van der Waals surface area contributed by atoms with Crippen LogP contribution in [0.4, 0.5) is 0 Å². The first-order valence-corrected chi connectivity index (χ1v) is 7.38. The van der Waals surface area contributed by atoms with Gasteiger partial charge in [-0.15, -0.1) is 0 Å². The highest BCUT2D eigenvalue weighted by Crippen LogP contribution is 2.36. The maximum absolute atomic E-state index is 12.2. The van der Waals surface area contributed by atoms with E-state index in [9.17, 15) is 4.79 Å². The molecule has 4 heteroatoms. The van der Waals surface area contributed by atoms with Crippen LogP contribution >= 0.6 is 0 Å². The van der Waals surface area contributed by atoms with Crippen LogP contribution in [0.1, 0.15) is 41.5 Å². The quantitative estimate of drug-likeness (QED) is 0.812. The minimum absolute atomic E-state index is 0.0298. The molecule has 0 spiro atoms. The number of nitrogens with zero attached hydrogens (tertiary/aromatic N) is 1. The van der Waals surface area contributed by atoms with Gasteiger partial charge in [-0.2, -0.15) is 0 Å². The molecule has 0 aromatic rings. The molecule has 1 amide bonds. The molecule has 0 bridgehead atoms. The van der Waals surface area contributed by atoms with Crippen LogP contribution in [0.25, 0.3) is 0 Å². The lowest BCUT2D eigenvalue weighted by atomic mass is 9.69. The summed E-state index contributed by atoms with van der Waals surface area (Å²) in [6.07, 6.45) is 0. The molecule has 2 N–H and O–H groups in total. The van der Waals surface area contributed by atoms with E-state index in [1.807, 2.05) is 6.92 Å². The Morgan fingerprint density at radius 2 is 1.74 bits per heavy atom. The number of hydrogen-bond acceptors (Lipinski definition) is 3. The van der Waals surface area contributed by atoms with Crippen molar-refractivity contribution in [3.05, 3.63) is 0 Å². The topological polar surface area (TPSA) is 44.4 Å². The molecule has 1 heterocycles. The summed E-state index contributed by atoms with van der Waals surface area (Å²) < 4.78 is 0. The summed E-state index contributed by atoms with van der Waals surface area (Å²) in [6, 6.07) is -0.0298. The Morgan fingerprint density at radius 1 is 1.21 bits per heavy atom. The van der Waals surface area contributed by atoms with Crippen LogP contribution in [0.5, 0.6) is 0 Å². The van der Waals surface area contributed by atoms with Gasteiger partial charge < -0.3 is 10.6 Å². The molecule has 1 aliphatic rings. The zero-order valence-corrected chi connectivity index (χ0v) is 13.5. The second-order valence-corrected chi connectivity index (χ2v) is 7.31. The third-order valence-electron chi connectivity index (χ3n) is 4.81.